The minimum atomic E-state index is -0.829. The van der Waals surface area contributed by atoms with Gasteiger partial charge >= 0.3 is 0 Å². The summed E-state index contributed by atoms with van der Waals surface area (Å²) in [5, 5.41) is 9.62. The molecule has 0 atom stereocenters. The van der Waals surface area contributed by atoms with Crippen LogP contribution in [0.15, 0.2) is 30.9 Å². The number of fused-ring (bicyclic) bond motifs is 1. The van der Waals surface area contributed by atoms with Crippen molar-refractivity contribution in [3.63, 3.8) is 0 Å². The van der Waals surface area contributed by atoms with Crippen molar-refractivity contribution in [1.29, 1.82) is 5.26 Å². The molecule has 2 aromatic heterocycles. The molecule has 2 aliphatic rings. The summed E-state index contributed by atoms with van der Waals surface area (Å²) < 4.78 is 0. The summed E-state index contributed by atoms with van der Waals surface area (Å²) in [6.45, 7) is 1.08. The number of aromatic nitrogens is 3. The van der Waals surface area contributed by atoms with Crippen molar-refractivity contribution < 1.29 is 4.79 Å². The van der Waals surface area contributed by atoms with E-state index in [-0.39, 0.29) is 5.91 Å². The van der Waals surface area contributed by atoms with Crippen LogP contribution in [0.25, 0.3) is 11.3 Å². The number of nitriles is 1. The maximum atomic E-state index is 13.1. The van der Waals surface area contributed by atoms with Crippen LogP contribution in [0.3, 0.4) is 0 Å². The minimum Gasteiger partial charge on any atom is -0.336 e. The molecule has 2 aromatic rings. The predicted molar refractivity (Wildman–Crippen MR) is 90.9 cm³/mol. The van der Waals surface area contributed by atoms with Gasteiger partial charge in [-0.15, -0.1) is 0 Å². The molecule has 0 N–H and O–H groups in total. The van der Waals surface area contributed by atoms with Gasteiger partial charge in [0, 0.05) is 43.0 Å². The van der Waals surface area contributed by atoms with Crippen LogP contribution in [0.1, 0.15) is 36.9 Å². The Kier molecular flexibility index (Phi) is 3.92. The van der Waals surface area contributed by atoms with Gasteiger partial charge < -0.3 is 4.90 Å². The van der Waals surface area contributed by atoms with Crippen LogP contribution in [0, 0.1) is 16.7 Å². The normalized spacial score (nSPS) is 18.4. The summed E-state index contributed by atoms with van der Waals surface area (Å²) >= 11 is 0. The maximum Gasteiger partial charge on any atom is 0.243 e. The first kappa shape index (κ1) is 15.7. The standard InChI is InChI=1S/C19H19N5O/c20-12-19(6-1-2-7-19)18(25)24-10-5-16-15(11-24)17(23-13-22-16)14-3-8-21-9-4-14/h3-4,8-9,13H,1-2,5-7,10-11H2. The van der Waals surface area contributed by atoms with Gasteiger partial charge in [0.1, 0.15) is 11.7 Å². The molecule has 0 aromatic carbocycles. The molecular formula is C19H19N5O. The van der Waals surface area contributed by atoms with Crippen molar-refractivity contribution in [3.05, 3.63) is 42.1 Å². The summed E-state index contributed by atoms with van der Waals surface area (Å²) in [6.07, 6.45) is 9.01. The number of hydrogen-bond acceptors (Lipinski definition) is 5. The maximum absolute atomic E-state index is 13.1. The van der Waals surface area contributed by atoms with Crippen molar-refractivity contribution in [1.82, 2.24) is 19.9 Å². The van der Waals surface area contributed by atoms with E-state index < -0.39 is 5.41 Å². The number of hydrogen-bond donors (Lipinski definition) is 0. The first-order valence-corrected chi connectivity index (χ1v) is 8.67. The molecular weight excluding hydrogens is 314 g/mol. The van der Waals surface area contributed by atoms with Crippen LogP contribution >= 0.6 is 0 Å². The van der Waals surface area contributed by atoms with Crippen LogP contribution < -0.4 is 0 Å². The smallest absolute Gasteiger partial charge is 0.243 e. The number of carbonyl (C=O) groups excluding carboxylic acids is 1. The van der Waals surface area contributed by atoms with Gasteiger partial charge in [-0.1, -0.05) is 12.8 Å². The Morgan fingerprint density at radius 1 is 1.20 bits per heavy atom. The van der Waals surface area contributed by atoms with Crippen LogP contribution in [0.4, 0.5) is 0 Å². The van der Waals surface area contributed by atoms with Gasteiger partial charge in [-0.2, -0.15) is 5.26 Å². The first-order valence-electron chi connectivity index (χ1n) is 8.67. The number of amides is 1. The summed E-state index contributed by atoms with van der Waals surface area (Å²) in [5.41, 5.74) is 2.97. The van der Waals surface area contributed by atoms with E-state index in [4.69, 9.17) is 0 Å². The second-order valence-electron chi connectivity index (χ2n) is 6.76. The van der Waals surface area contributed by atoms with Crippen LogP contribution in [-0.4, -0.2) is 32.3 Å². The van der Waals surface area contributed by atoms with E-state index in [0.717, 1.165) is 35.4 Å². The molecule has 1 saturated carbocycles. The topological polar surface area (TPSA) is 82.8 Å². The lowest BCUT2D eigenvalue weighted by Gasteiger charge is -2.33. The molecule has 1 aliphatic heterocycles. The SMILES string of the molecule is N#CC1(C(=O)N2CCc3ncnc(-c4ccncc4)c3C2)CCCC1. The Morgan fingerprint density at radius 2 is 1.96 bits per heavy atom. The molecule has 4 rings (SSSR count). The molecule has 126 valence electrons. The Hall–Kier alpha value is -2.81. The van der Waals surface area contributed by atoms with E-state index >= 15 is 0 Å². The summed E-state index contributed by atoms with van der Waals surface area (Å²) in [6, 6.07) is 6.14. The molecule has 25 heavy (non-hydrogen) atoms. The molecule has 0 spiro atoms. The summed E-state index contributed by atoms with van der Waals surface area (Å²) in [4.78, 5) is 27.8. The fraction of sp³-hybridized carbons (Fsp3) is 0.421. The minimum absolute atomic E-state index is 0.0253. The molecule has 6 nitrogen and oxygen atoms in total. The van der Waals surface area contributed by atoms with Gasteiger partial charge in [0.15, 0.2) is 0 Å². The molecule has 0 bridgehead atoms. The van der Waals surface area contributed by atoms with Gasteiger partial charge in [-0.05, 0) is 25.0 Å². The average Bonchev–Trinajstić information content (AvgIpc) is 3.17. The molecule has 0 unspecified atom stereocenters. The lowest BCUT2D eigenvalue weighted by Crippen LogP contribution is -2.44. The lowest BCUT2D eigenvalue weighted by atomic mass is 9.85. The summed E-state index contributed by atoms with van der Waals surface area (Å²) in [5.74, 6) is -0.0253. The monoisotopic (exact) mass is 333 g/mol. The third-order valence-corrected chi connectivity index (χ3v) is 5.32. The Morgan fingerprint density at radius 3 is 2.68 bits per heavy atom. The number of pyridine rings is 1. The van der Waals surface area contributed by atoms with E-state index in [2.05, 4.69) is 21.0 Å². The first-order chi connectivity index (χ1) is 12.2. The van der Waals surface area contributed by atoms with E-state index in [1.165, 1.54) is 0 Å². The van der Waals surface area contributed by atoms with Crippen molar-refractivity contribution >= 4 is 5.91 Å². The fourth-order valence-corrected chi connectivity index (χ4v) is 3.93. The molecule has 3 heterocycles. The van der Waals surface area contributed by atoms with Gasteiger partial charge in [-0.25, -0.2) is 9.97 Å². The molecule has 0 saturated heterocycles. The van der Waals surface area contributed by atoms with Gasteiger partial charge in [0.25, 0.3) is 0 Å². The number of carbonyl (C=O) groups is 1. The number of rotatable bonds is 2. The summed E-state index contributed by atoms with van der Waals surface area (Å²) in [7, 11) is 0. The van der Waals surface area contributed by atoms with Crippen molar-refractivity contribution in [3.8, 4) is 17.3 Å². The highest BCUT2D eigenvalue weighted by Gasteiger charge is 2.44. The highest BCUT2D eigenvalue weighted by Crippen LogP contribution is 2.40. The van der Waals surface area contributed by atoms with Crippen molar-refractivity contribution in [2.24, 2.45) is 5.41 Å². The predicted octanol–water partition coefficient (Wildman–Crippen LogP) is 2.51. The Labute approximate surface area is 146 Å². The van der Waals surface area contributed by atoms with Gasteiger partial charge in [0.2, 0.25) is 5.91 Å². The van der Waals surface area contributed by atoms with Crippen molar-refractivity contribution in [2.75, 3.05) is 6.54 Å². The lowest BCUT2D eigenvalue weighted by molar-refractivity contribution is -0.139. The second kappa shape index (κ2) is 6.25. The Bertz CT molecular complexity index is 837. The van der Waals surface area contributed by atoms with Crippen LogP contribution in [0.2, 0.25) is 0 Å². The zero-order valence-corrected chi connectivity index (χ0v) is 14.0. The van der Waals surface area contributed by atoms with E-state index in [1.807, 2.05) is 17.0 Å². The quantitative estimate of drug-likeness (QED) is 0.843. The molecule has 0 radical (unpaired) electrons. The third-order valence-electron chi connectivity index (χ3n) is 5.32. The number of nitrogens with zero attached hydrogens (tertiary/aromatic N) is 5. The van der Waals surface area contributed by atoms with Crippen LogP contribution in [0.5, 0.6) is 0 Å². The van der Waals surface area contributed by atoms with E-state index in [1.54, 1.807) is 18.7 Å². The van der Waals surface area contributed by atoms with E-state index in [0.29, 0.717) is 32.4 Å². The highest BCUT2D eigenvalue weighted by molar-refractivity contribution is 5.86. The Balaban J connectivity index is 1.67. The largest absolute Gasteiger partial charge is 0.336 e. The zero-order chi connectivity index (χ0) is 17.3. The average molecular weight is 333 g/mol. The second-order valence-corrected chi connectivity index (χ2v) is 6.76. The van der Waals surface area contributed by atoms with Gasteiger partial charge in [0.05, 0.1) is 17.5 Å². The van der Waals surface area contributed by atoms with Crippen molar-refractivity contribution in [2.45, 2.75) is 38.6 Å². The fourth-order valence-electron chi connectivity index (χ4n) is 3.93. The zero-order valence-electron chi connectivity index (χ0n) is 14.0. The van der Waals surface area contributed by atoms with E-state index in [9.17, 15) is 10.1 Å². The molecule has 1 fully saturated rings. The molecule has 1 aliphatic carbocycles. The highest BCUT2D eigenvalue weighted by atomic mass is 16.2. The third kappa shape index (κ3) is 2.66. The molecule has 6 heteroatoms. The van der Waals surface area contributed by atoms with Crippen LogP contribution in [-0.2, 0) is 17.8 Å². The van der Waals surface area contributed by atoms with Gasteiger partial charge in [-0.3, -0.25) is 9.78 Å². The molecule has 1 amide bonds.